The third kappa shape index (κ3) is 5.01. The van der Waals surface area contributed by atoms with E-state index in [1.165, 1.54) is 23.8 Å². The number of amides is 4. The van der Waals surface area contributed by atoms with Crippen LogP contribution in [-0.4, -0.2) is 51.4 Å². The number of methoxy groups -OCH3 is 1. The number of hydrogen-bond acceptors (Lipinski definition) is 9. The van der Waals surface area contributed by atoms with Gasteiger partial charge in [-0.15, -0.1) is 11.3 Å². The predicted molar refractivity (Wildman–Crippen MR) is 212 cm³/mol. The number of benzene rings is 3. The fourth-order valence-electron chi connectivity index (χ4n) is 9.82. The van der Waals surface area contributed by atoms with Gasteiger partial charge in [-0.25, -0.2) is 4.90 Å². The van der Waals surface area contributed by atoms with Gasteiger partial charge in [0.1, 0.15) is 11.5 Å². The fraction of sp³-hybridized carbons (Fsp3) is 0.302. The Hall–Kier alpha value is -5.59. The number of carbonyl (C=O) groups is 5. The standard InChI is InChI=1S/C43H37ClN4O7S/c1-20-28-17-24(44)9-15-34(28)56-38(20)31-19-35(46(4)45-31)48-40(52)30-18-29-26(37(43(30,3)42(48)54)23-8-14-33(55-5)32(50)16-23)12-13-27-36(29)41(53)47(39(27)51)25-10-6-22(7-11-25)21(2)49/h6-12,14-17,19,27,29-30,36-37,50H,13,18H2,1-5H3/t27-,29+,30-,36-,37-,43+/m0/s1. The Morgan fingerprint density at radius 2 is 1.71 bits per heavy atom. The number of hydrogen-bond donors (Lipinski definition) is 1. The van der Waals surface area contributed by atoms with E-state index in [9.17, 15) is 24.3 Å². The molecule has 1 N–H and O–H groups in total. The minimum Gasteiger partial charge on any atom is -0.504 e. The number of anilines is 2. The molecule has 4 amide bonds. The van der Waals surface area contributed by atoms with Crippen molar-refractivity contribution >= 4 is 73.9 Å². The summed E-state index contributed by atoms with van der Waals surface area (Å²) in [6.07, 6.45) is 2.39. The van der Waals surface area contributed by atoms with Gasteiger partial charge in [-0.3, -0.25) is 33.6 Å². The van der Waals surface area contributed by atoms with Crippen LogP contribution in [0.5, 0.6) is 11.5 Å². The van der Waals surface area contributed by atoms with Crippen LogP contribution in [0.4, 0.5) is 11.5 Å². The number of Topliss-reactive ketones (excluding diaryl/α,β-unsaturated/α-hetero) is 1. The molecular formula is C43H37ClN4O7S. The summed E-state index contributed by atoms with van der Waals surface area (Å²) in [7, 11) is 3.15. The molecule has 2 aliphatic carbocycles. The summed E-state index contributed by atoms with van der Waals surface area (Å²) in [5.41, 5.74) is 2.49. The Kier molecular flexibility index (Phi) is 8.19. The molecule has 0 radical (unpaired) electrons. The topological polar surface area (TPSA) is 139 Å². The number of phenolic OH excluding ortho intramolecular Hbond substituents is 1. The van der Waals surface area contributed by atoms with Gasteiger partial charge < -0.3 is 9.84 Å². The summed E-state index contributed by atoms with van der Waals surface area (Å²) in [5.74, 6) is -4.82. The van der Waals surface area contributed by atoms with E-state index in [0.29, 0.717) is 33.3 Å². The SMILES string of the molecule is COc1ccc([C@H]2C3=CC[C@@H]4C(=O)N(c5ccc(C(C)=O)cc5)C(=O)[C@@H]4[C@@H]3C[C@H]3C(=O)N(c4cc(-c5sc6ccc(Cl)cc6c5C)nn4C)C(=O)[C@@]23C)cc1O. The molecule has 3 aromatic carbocycles. The number of ketones is 1. The van der Waals surface area contributed by atoms with Crippen molar-refractivity contribution < 1.29 is 33.8 Å². The van der Waals surface area contributed by atoms with Crippen molar-refractivity contribution in [3.05, 3.63) is 100 Å². The number of phenols is 1. The number of aromatic hydroxyl groups is 1. The minimum absolute atomic E-state index is 0.126. The number of thiophene rings is 1. The molecule has 0 unspecified atom stereocenters. The number of ether oxygens (including phenoxy) is 1. The van der Waals surface area contributed by atoms with Gasteiger partial charge >= 0.3 is 0 Å². The lowest BCUT2D eigenvalue weighted by atomic mass is 9.51. The lowest BCUT2D eigenvalue weighted by molar-refractivity contribution is -0.131. The van der Waals surface area contributed by atoms with E-state index in [-0.39, 0.29) is 41.9 Å². The van der Waals surface area contributed by atoms with E-state index in [4.69, 9.17) is 21.4 Å². The molecule has 4 heterocycles. The zero-order chi connectivity index (χ0) is 39.5. The molecule has 4 aliphatic rings. The van der Waals surface area contributed by atoms with Gasteiger partial charge in [0.05, 0.1) is 40.8 Å². The first kappa shape index (κ1) is 36.1. The smallest absolute Gasteiger partial charge is 0.242 e. The van der Waals surface area contributed by atoms with Crippen LogP contribution in [0.3, 0.4) is 0 Å². The molecule has 6 atom stereocenters. The highest BCUT2D eigenvalue weighted by atomic mass is 35.5. The molecule has 0 spiro atoms. The lowest BCUT2D eigenvalue weighted by Gasteiger charge is -2.49. The molecule has 9 rings (SSSR count). The molecule has 13 heteroatoms. The van der Waals surface area contributed by atoms with Crippen LogP contribution in [0.1, 0.15) is 54.1 Å². The first-order valence-electron chi connectivity index (χ1n) is 18.4. The number of allylic oxidation sites excluding steroid dienone is 2. The van der Waals surface area contributed by atoms with Crippen molar-refractivity contribution in [2.45, 2.75) is 39.5 Å². The van der Waals surface area contributed by atoms with Crippen LogP contribution in [0.2, 0.25) is 5.02 Å². The lowest BCUT2D eigenvalue weighted by Crippen LogP contribution is -2.48. The van der Waals surface area contributed by atoms with Crippen molar-refractivity contribution in [2.24, 2.45) is 36.1 Å². The number of nitrogens with zero attached hydrogens (tertiary/aromatic N) is 4. The summed E-state index contributed by atoms with van der Waals surface area (Å²) >= 11 is 7.87. The molecule has 5 aromatic rings. The molecule has 56 heavy (non-hydrogen) atoms. The third-order valence-corrected chi connectivity index (χ3v) is 14.1. The minimum atomic E-state index is -1.32. The fourth-order valence-corrected chi connectivity index (χ4v) is 11.1. The average Bonchev–Trinajstić information content (AvgIpc) is 3.84. The van der Waals surface area contributed by atoms with Crippen molar-refractivity contribution in [2.75, 3.05) is 16.9 Å². The first-order chi connectivity index (χ1) is 26.7. The average molecular weight is 789 g/mol. The Morgan fingerprint density at radius 1 is 0.964 bits per heavy atom. The summed E-state index contributed by atoms with van der Waals surface area (Å²) in [6, 6.07) is 18.9. The maximum Gasteiger partial charge on any atom is 0.242 e. The second-order valence-corrected chi connectivity index (χ2v) is 16.9. The highest BCUT2D eigenvalue weighted by Crippen LogP contribution is 2.64. The van der Waals surface area contributed by atoms with Crippen LogP contribution in [0, 0.1) is 36.0 Å². The van der Waals surface area contributed by atoms with Gasteiger partial charge in [-0.2, -0.15) is 5.10 Å². The van der Waals surface area contributed by atoms with Crippen molar-refractivity contribution in [1.82, 2.24) is 9.78 Å². The summed E-state index contributed by atoms with van der Waals surface area (Å²) in [5, 5.41) is 17.4. The number of carbonyl (C=O) groups excluding carboxylic acids is 5. The maximum atomic E-state index is 15.1. The number of aromatic nitrogens is 2. The highest BCUT2D eigenvalue weighted by molar-refractivity contribution is 7.22. The second kappa shape index (κ2) is 12.7. The van der Waals surface area contributed by atoms with Crippen LogP contribution in [0.15, 0.2) is 78.4 Å². The Morgan fingerprint density at radius 3 is 2.41 bits per heavy atom. The molecule has 2 aliphatic heterocycles. The van der Waals surface area contributed by atoms with Crippen molar-refractivity contribution in [3.63, 3.8) is 0 Å². The van der Waals surface area contributed by atoms with Crippen LogP contribution >= 0.6 is 22.9 Å². The van der Waals surface area contributed by atoms with Crippen molar-refractivity contribution in [1.29, 1.82) is 0 Å². The zero-order valence-corrected chi connectivity index (χ0v) is 32.8. The molecule has 2 saturated heterocycles. The van der Waals surface area contributed by atoms with E-state index in [1.807, 2.05) is 31.2 Å². The van der Waals surface area contributed by atoms with Crippen LogP contribution in [0.25, 0.3) is 20.7 Å². The normalized spacial score (nSPS) is 25.8. The zero-order valence-electron chi connectivity index (χ0n) is 31.2. The van der Waals surface area contributed by atoms with Crippen molar-refractivity contribution in [3.8, 4) is 22.1 Å². The van der Waals surface area contributed by atoms with Gasteiger partial charge in [0.15, 0.2) is 17.3 Å². The number of imide groups is 2. The Balaban J connectivity index is 1.14. The van der Waals surface area contributed by atoms with Gasteiger partial charge in [0.2, 0.25) is 23.6 Å². The first-order valence-corrected chi connectivity index (χ1v) is 19.6. The summed E-state index contributed by atoms with van der Waals surface area (Å²) in [4.78, 5) is 73.8. The molecule has 284 valence electrons. The molecule has 11 nitrogen and oxygen atoms in total. The number of aryl methyl sites for hydroxylation is 2. The van der Waals surface area contributed by atoms with Gasteiger partial charge in [0, 0.05) is 34.3 Å². The second-order valence-electron chi connectivity index (χ2n) is 15.4. The van der Waals surface area contributed by atoms with E-state index < -0.39 is 46.8 Å². The monoisotopic (exact) mass is 788 g/mol. The summed E-state index contributed by atoms with van der Waals surface area (Å²) < 4.78 is 7.93. The van der Waals surface area contributed by atoms with E-state index in [2.05, 4.69) is 0 Å². The predicted octanol–water partition coefficient (Wildman–Crippen LogP) is 7.62. The van der Waals surface area contributed by atoms with E-state index >= 15 is 4.79 Å². The molecule has 1 saturated carbocycles. The van der Waals surface area contributed by atoms with Gasteiger partial charge in [-0.1, -0.05) is 29.3 Å². The third-order valence-electron chi connectivity index (χ3n) is 12.6. The number of fused-ring (bicyclic) bond motifs is 5. The summed E-state index contributed by atoms with van der Waals surface area (Å²) in [6.45, 7) is 5.25. The highest BCUT2D eigenvalue weighted by Gasteiger charge is 2.68. The van der Waals surface area contributed by atoms with Crippen LogP contribution in [-0.2, 0) is 26.2 Å². The van der Waals surface area contributed by atoms with E-state index in [0.717, 1.165) is 26.1 Å². The van der Waals surface area contributed by atoms with Crippen LogP contribution < -0.4 is 14.5 Å². The Labute approximate surface area is 331 Å². The molecule has 3 fully saturated rings. The Bertz CT molecular complexity index is 2610. The largest absolute Gasteiger partial charge is 0.504 e. The molecule has 0 bridgehead atoms. The van der Waals surface area contributed by atoms with Gasteiger partial charge in [0.25, 0.3) is 0 Å². The van der Waals surface area contributed by atoms with E-state index in [1.54, 1.807) is 78.5 Å². The quantitative estimate of drug-likeness (QED) is 0.105. The van der Waals surface area contributed by atoms with Gasteiger partial charge in [-0.05, 0) is 111 Å². The number of rotatable bonds is 6. The number of halogens is 1. The molecular weight excluding hydrogens is 752 g/mol. The maximum absolute atomic E-state index is 15.1. The molecule has 2 aromatic heterocycles.